The topological polar surface area (TPSA) is 71.5 Å². The molecule has 1 aliphatic heterocycles. The molecule has 1 aromatic heterocycles. The van der Waals surface area contributed by atoms with Gasteiger partial charge >= 0.3 is 0 Å². The Morgan fingerprint density at radius 2 is 1.80 bits per heavy atom. The van der Waals surface area contributed by atoms with E-state index in [2.05, 4.69) is 10.3 Å². The Morgan fingerprint density at radius 3 is 2.50 bits per heavy atom. The number of amides is 2. The van der Waals surface area contributed by atoms with Crippen LogP contribution in [-0.2, 0) is 11.2 Å². The molecule has 4 rings (SSSR count). The number of carbonyl (C=O) groups is 2. The van der Waals surface area contributed by atoms with Crippen molar-refractivity contribution >= 4 is 17.5 Å². The molecule has 2 heterocycles. The van der Waals surface area contributed by atoms with Crippen molar-refractivity contribution in [1.82, 2.24) is 10.3 Å². The minimum Gasteiger partial charge on any atom is -0.497 e. The van der Waals surface area contributed by atoms with E-state index in [-0.39, 0.29) is 11.8 Å². The second-order valence-corrected chi connectivity index (χ2v) is 7.39. The Balaban J connectivity index is 1.56. The van der Waals surface area contributed by atoms with E-state index in [1.807, 2.05) is 43.3 Å². The Morgan fingerprint density at radius 1 is 1.03 bits per heavy atom. The van der Waals surface area contributed by atoms with Crippen molar-refractivity contribution in [3.63, 3.8) is 0 Å². The van der Waals surface area contributed by atoms with Gasteiger partial charge in [0, 0.05) is 25.4 Å². The van der Waals surface area contributed by atoms with E-state index in [0.717, 1.165) is 22.4 Å². The predicted octanol–water partition coefficient (Wildman–Crippen LogP) is 3.38. The maximum atomic E-state index is 13.0. The Labute approximate surface area is 175 Å². The van der Waals surface area contributed by atoms with Gasteiger partial charge in [-0.15, -0.1) is 0 Å². The highest BCUT2D eigenvalue weighted by atomic mass is 16.5. The minimum absolute atomic E-state index is 0.152. The van der Waals surface area contributed by atoms with E-state index in [1.165, 1.54) is 4.90 Å². The second-order valence-electron chi connectivity index (χ2n) is 7.39. The maximum absolute atomic E-state index is 13.0. The van der Waals surface area contributed by atoms with Crippen LogP contribution in [0.5, 0.6) is 5.75 Å². The van der Waals surface area contributed by atoms with Gasteiger partial charge in [-0.3, -0.25) is 14.6 Å². The van der Waals surface area contributed by atoms with Gasteiger partial charge in [-0.1, -0.05) is 24.3 Å². The largest absolute Gasteiger partial charge is 0.497 e. The highest BCUT2D eigenvalue weighted by Gasteiger charge is 2.32. The van der Waals surface area contributed by atoms with Crippen molar-refractivity contribution < 1.29 is 14.3 Å². The van der Waals surface area contributed by atoms with Gasteiger partial charge in [0.25, 0.3) is 5.91 Å². The normalized spacial score (nSPS) is 16.0. The van der Waals surface area contributed by atoms with E-state index in [4.69, 9.17) is 4.74 Å². The van der Waals surface area contributed by atoms with Gasteiger partial charge in [-0.25, -0.2) is 0 Å². The predicted molar refractivity (Wildman–Crippen MR) is 116 cm³/mol. The van der Waals surface area contributed by atoms with E-state index in [1.54, 1.807) is 38.6 Å². The molecular weight excluding hydrogens is 378 g/mol. The molecule has 2 amide bonds. The van der Waals surface area contributed by atoms with Crippen LogP contribution < -0.4 is 15.0 Å². The Bertz CT molecular complexity index is 1110. The number of benzene rings is 2. The average molecular weight is 401 g/mol. The fourth-order valence-electron chi connectivity index (χ4n) is 3.70. The number of pyridine rings is 1. The van der Waals surface area contributed by atoms with Crippen LogP contribution in [0.1, 0.15) is 21.6 Å². The van der Waals surface area contributed by atoms with Crippen molar-refractivity contribution in [1.29, 1.82) is 0 Å². The molecule has 0 radical (unpaired) electrons. The Hall–Kier alpha value is -3.67. The number of methoxy groups -OCH3 is 1. The number of hydrogen-bond donors (Lipinski definition) is 1. The molecule has 0 fully saturated rings. The van der Waals surface area contributed by atoms with Crippen LogP contribution in [0, 0.1) is 6.92 Å². The summed E-state index contributed by atoms with van der Waals surface area (Å²) in [4.78, 5) is 31.6. The first-order valence-corrected chi connectivity index (χ1v) is 9.74. The van der Waals surface area contributed by atoms with Gasteiger partial charge in [0.2, 0.25) is 5.91 Å². The van der Waals surface area contributed by atoms with Crippen molar-refractivity contribution in [3.05, 3.63) is 77.6 Å². The summed E-state index contributed by atoms with van der Waals surface area (Å²) in [6, 6.07) is 16.5. The fraction of sp³-hybridized carbons (Fsp3) is 0.208. The summed E-state index contributed by atoms with van der Waals surface area (Å²) >= 11 is 0. The fourth-order valence-corrected chi connectivity index (χ4v) is 3.70. The highest BCUT2D eigenvalue weighted by Crippen LogP contribution is 2.28. The van der Waals surface area contributed by atoms with Crippen LogP contribution in [0.15, 0.2) is 60.8 Å². The lowest BCUT2D eigenvalue weighted by molar-refractivity contribution is -0.120. The molecular formula is C24H23N3O3. The highest BCUT2D eigenvalue weighted by molar-refractivity contribution is 6.11. The molecule has 1 unspecified atom stereocenters. The average Bonchev–Trinajstić information content (AvgIpc) is 2.85. The molecule has 0 spiro atoms. The third-order valence-electron chi connectivity index (χ3n) is 5.37. The molecule has 0 bridgehead atoms. The quantitative estimate of drug-likeness (QED) is 0.728. The molecule has 30 heavy (non-hydrogen) atoms. The first-order chi connectivity index (χ1) is 14.5. The molecule has 2 aromatic carbocycles. The van der Waals surface area contributed by atoms with Crippen LogP contribution in [0.25, 0.3) is 11.1 Å². The van der Waals surface area contributed by atoms with Crippen LogP contribution in [-0.4, -0.2) is 37.0 Å². The number of fused-ring (bicyclic) bond motifs is 1. The van der Waals surface area contributed by atoms with E-state index in [9.17, 15) is 9.59 Å². The number of likely N-dealkylation sites (N-methyl/N-ethyl adjacent to an activating group) is 1. The number of aromatic nitrogens is 1. The number of nitrogens with one attached hydrogen (secondary N) is 1. The molecule has 3 aromatic rings. The Kier molecular flexibility index (Phi) is 5.23. The zero-order valence-electron chi connectivity index (χ0n) is 17.2. The maximum Gasteiger partial charge on any atom is 0.254 e. The molecule has 6 nitrogen and oxygen atoms in total. The van der Waals surface area contributed by atoms with Crippen LogP contribution >= 0.6 is 0 Å². The molecule has 6 heteroatoms. The van der Waals surface area contributed by atoms with E-state index in [0.29, 0.717) is 23.4 Å². The molecule has 1 aliphatic rings. The number of anilines is 1. The number of ether oxygens (including phenoxy) is 1. The molecule has 1 N–H and O–H groups in total. The first kappa shape index (κ1) is 19.6. The summed E-state index contributed by atoms with van der Waals surface area (Å²) in [5.74, 6) is 0.140. The molecule has 0 saturated carbocycles. The van der Waals surface area contributed by atoms with Crippen LogP contribution in [0.2, 0.25) is 0 Å². The SMILES string of the molecule is COc1ccc2c(c1)C(=O)NC(Cc1ccc(-c3ccnc(C)c3)cc1)C(=O)N2C. The summed E-state index contributed by atoms with van der Waals surface area (Å²) in [5.41, 5.74) is 5.11. The van der Waals surface area contributed by atoms with Gasteiger partial charge in [0.05, 0.1) is 18.4 Å². The van der Waals surface area contributed by atoms with Gasteiger partial charge < -0.3 is 15.0 Å². The minimum atomic E-state index is -0.644. The van der Waals surface area contributed by atoms with Crippen molar-refractivity contribution in [2.24, 2.45) is 0 Å². The molecule has 152 valence electrons. The van der Waals surface area contributed by atoms with Crippen LogP contribution in [0.4, 0.5) is 5.69 Å². The smallest absolute Gasteiger partial charge is 0.254 e. The van der Waals surface area contributed by atoms with Gasteiger partial charge in [-0.2, -0.15) is 0 Å². The number of carbonyl (C=O) groups excluding carboxylic acids is 2. The van der Waals surface area contributed by atoms with E-state index >= 15 is 0 Å². The van der Waals surface area contributed by atoms with Gasteiger partial charge in [0.1, 0.15) is 11.8 Å². The third kappa shape index (κ3) is 3.76. The molecule has 0 aliphatic carbocycles. The summed E-state index contributed by atoms with van der Waals surface area (Å²) < 4.78 is 5.22. The lowest BCUT2D eigenvalue weighted by Crippen LogP contribution is -2.45. The zero-order valence-corrected chi connectivity index (χ0v) is 17.2. The lowest BCUT2D eigenvalue weighted by atomic mass is 10.0. The zero-order chi connectivity index (χ0) is 21.3. The number of hydrogen-bond acceptors (Lipinski definition) is 4. The van der Waals surface area contributed by atoms with Crippen molar-refractivity contribution in [3.8, 4) is 16.9 Å². The third-order valence-corrected chi connectivity index (χ3v) is 5.37. The summed E-state index contributed by atoms with van der Waals surface area (Å²) in [5, 5.41) is 2.87. The number of aryl methyl sites for hydroxylation is 1. The summed E-state index contributed by atoms with van der Waals surface area (Å²) in [7, 11) is 3.24. The van der Waals surface area contributed by atoms with Crippen LogP contribution in [0.3, 0.4) is 0 Å². The van der Waals surface area contributed by atoms with Gasteiger partial charge in [0.15, 0.2) is 0 Å². The number of nitrogens with zero attached hydrogens (tertiary/aromatic N) is 2. The molecule has 1 atom stereocenters. The summed E-state index contributed by atoms with van der Waals surface area (Å²) in [6.45, 7) is 1.96. The van der Waals surface area contributed by atoms with E-state index < -0.39 is 6.04 Å². The van der Waals surface area contributed by atoms with Crippen molar-refractivity contribution in [2.45, 2.75) is 19.4 Å². The monoisotopic (exact) mass is 401 g/mol. The standard InChI is InChI=1S/C24H23N3O3/c1-15-12-18(10-11-25-15)17-6-4-16(5-7-17)13-21-24(29)27(2)22-9-8-19(30-3)14-20(22)23(28)26-21/h4-12,14,21H,13H2,1-3H3,(H,26,28). The first-order valence-electron chi connectivity index (χ1n) is 9.74. The number of rotatable bonds is 4. The van der Waals surface area contributed by atoms with Gasteiger partial charge in [-0.05, 0) is 53.9 Å². The lowest BCUT2D eigenvalue weighted by Gasteiger charge is -2.21. The molecule has 0 saturated heterocycles. The van der Waals surface area contributed by atoms with Crippen molar-refractivity contribution in [2.75, 3.05) is 19.1 Å². The summed E-state index contributed by atoms with van der Waals surface area (Å²) in [6.07, 6.45) is 2.20. The second kappa shape index (κ2) is 7.99.